The first-order valence-electron chi connectivity index (χ1n) is 8.59. The molecule has 0 aliphatic carbocycles. The van der Waals surface area contributed by atoms with Crippen molar-refractivity contribution in [2.24, 2.45) is 0 Å². The van der Waals surface area contributed by atoms with Crippen molar-refractivity contribution < 1.29 is 9.47 Å². The summed E-state index contributed by atoms with van der Waals surface area (Å²) in [6.07, 6.45) is 5.87. The minimum atomic E-state index is 0.238. The van der Waals surface area contributed by atoms with Gasteiger partial charge in [-0.15, -0.1) is 5.10 Å². The van der Waals surface area contributed by atoms with Crippen LogP contribution in [0.25, 0.3) is 5.65 Å². The van der Waals surface area contributed by atoms with Crippen LogP contribution in [-0.4, -0.2) is 40.9 Å². The van der Waals surface area contributed by atoms with Crippen LogP contribution in [0.3, 0.4) is 0 Å². The minimum absolute atomic E-state index is 0.238. The molecule has 0 unspecified atom stereocenters. The maximum atomic E-state index is 6.11. The van der Waals surface area contributed by atoms with Crippen molar-refractivity contribution in [2.45, 2.75) is 25.9 Å². The number of ether oxygens (including phenoxy) is 2. The zero-order chi connectivity index (χ0) is 17.2. The molecule has 0 spiro atoms. The number of fused-ring (bicyclic) bond motifs is 1. The molecule has 2 aromatic heterocycles. The molecule has 0 saturated carbocycles. The highest BCUT2D eigenvalue weighted by Crippen LogP contribution is 2.25. The maximum absolute atomic E-state index is 6.11. The van der Waals surface area contributed by atoms with Crippen LogP contribution in [0.15, 0.2) is 42.7 Å². The molecule has 1 aromatic carbocycles. The maximum Gasteiger partial charge on any atom is 0.153 e. The first-order chi connectivity index (χ1) is 12.2. The van der Waals surface area contributed by atoms with Gasteiger partial charge in [0, 0.05) is 38.3 Å². The number of anilines is 1. The molecule has 1 fully saturated rings. The Hall–Kier alpha value is -2.76. The Morgan fingerprint density at radius 1 is 1.08 bits per heavy atom. The number of methoxy groups -OCH3 is 1. The Labute approximate surface area is 147 Å². The second-order valence-corrected chi connectivity index (χ2v) is 6.36. The number of aryl methyl sites for hydroxylation is 1. The van der Waals surface area contributed by atoms with E-state index in [0.29, 0.717) is 0 Å². The van der Waals surface area contributed by atoms with Crippen LogP contribution in [0.5, 0.6) is 11.5 Å². The Bertz CT molecular complexity index is 851. The molecular weight excluding hydrogens is 316 g/mol. The van der Waals surface area contributed by atoms with Crippen LogP contribution < -0.4 is 14.4 Å². The highest BCUT2D eigenvalue weighted by atomic mass is 16.5. The zero-order valence-electron chi connectivity index (χ0n) is 14.6. The second-order valence-electron chi connectivity index (χ2n) is 6.36. The van der Waals surface area contributed by atoms with Crippen molar-refractivity contribution in [3.8, 4) is 11.5 Å². The van der Waals surface area contributed by atoms with E-state index in [2.05, 4.69) is 22.9 Å². The van der Waals surface area contributed by atoms with E-state index in [0.717, 1.165) is 54.5 Å². The third-order valence-electron chi connectivity index (χ3n) is 4.65. The monoisotopic (exact) mass is 338 g/mol. The van der Waals surface area contributed by atoms with E-state index >= 15 is 0 Å². The predicted molar refractivity (Wildman–Crippen MR) is 96.6 cm³/mol. The summed E-state index contributed by atoms with van der Waals surface area (Å²) < 4.78 is 13.1. The van der Waals surface area contributed by atoms with Gasteiger partial charge in [-0.3, -0.25) is 0 Å². The molecule has 1 saturated heterocycles. The molecule has 0 radical (unpaired) electrons. The van der Waals surface area contributed by atoms with Crippen molar-refractivity contribution in [3.63, 3.8) is 0 Å². The molecule has 6 heteroatoms. The van der Waals surface area contributed by atoms with E-state index in [-0.39, 0.29) is 6.10 Å². The number of benzene rings is 1. The van der Waals surface area contributed by atoms with Gasteiger partial charge in [0.2, 0.25) is 0 Å². The third-order valence-corrected chi connectivity index (χ3v) is 4.65. The van der Waals surface area contributed by atoms with Gasteiger partial charge in [-0.1, -0.05) is 0 Å². The predicted octanol–water partition coefficient (Wildman–Crippen LogP) is 3.09. The molecule has 3 aromatic rings. The van der Waals surface area contributed by atoms with Gasteiger partial charge < -0.3 is 14.4 Å². The molecule has 0 amide bonds. The quantitative estimate of drug-likeness (QED) is 0.732. The SMILES string of the molecule is COc1ccc(OC2CCN(c3nn4ccnc4cc3C)CC2)cc1. The van der Waals surface area contributed by atoms with Gasteiger partial charge in [0.05, 0.1) is 7.11 Å². The number of hydrogen-bond donors (Lipinski definition) is 0. The number of nitrogens with zero attached hydrogens (tertiary/aromatic N) is 4. The van der Waals surface area contributed by atoms with Crippen LogP contribution in [0.2, 0.25) is 0 Å². The van der Waals surface area contributed by atoms with E-state index in [4.69, 9.17) is 14.6 Å². The number of piperidine rings is 1. The van der Waals surface area contributed by atoms with Crippen molar-refractivity contribution >= 4 is 11.5 Å². The van der Waals surface area contributed by atoms with Crippen molar-refractivity contribution in [1.82, 2.24) is 14.6 Å². The number of hydrogen-bond acceptors (Lipinski definition) is 5. The van der Waals surface area contributed by atoms with Crippen LogP contribution >= 0.6 is 0 Å². The highest BCUT2D eigenvalue weighted by Gasteiger charge is 2.23. The van der Waals surface area contributed by atoms with E-state index in [9.17, 15) is 0 Å². The first kappa shape index (κ1) is 15.7. The lowest BCUT2D eigenvalue weighted by Crippen LogP contribution is -2.39. The van der Waals surface area contributed by atoms with Gasteiger partial charge in [0.15, 0.2) is 11.5 Å². The molecule has 1 aliphatic rings. The molecule has 6 nitrogen and oxygen atoms in total. The largest absolute Gasteiger partial charge is 0.497 e. The van der Waals surface area contributed by atoms with Gasteiger partial charge in [0.25, 0.3) is 0 Å². The smallest absolute Gasteiger partial charge is 0.153 e. The second kappa shape index (κ2) is 6.63. The fourth-order valence-corrected chi connectivity index (χ4v) is 3.28. The van der Waals surface area contributed by atoms with Crippen LogP contribution in [0.1, 0.15) is 18.4 Å². The van der Waals surface area contributed by atoms with Crippen molar-refractivity contribution in [1.29, 1.82) is 0 Å². The van der Waals surface area contributed by atoms with Crippen LogP contribution in [-0.2, 0) is 0 Å². The van der Waals surface area contributed by atoms with E-state index in [1.165, 1.54) is 0 Å². The summed E-state index contributed by atoms with van der Waals surface area (Å²) in [7, 11) is 1.67. The van der Waals surface area contributed by atoms with E-state index in [1.807, 2.05) is 35.0 Å². The topological polar surface area (TPSA) is 51.9 Å². The number of imidazole rings is 1. The summed E-state index contributed by atoms with van der Waals surface area (Å²) in [4.78, 5) is 6.63. The average molecular weight is 338 g/mol. The minimum Gasteiger partial charge on any atom is -0.497 e. The Morgan fingerprint density at radius 2 is 1.80 bits per heavy atom. The van der Waals surface area contributed by atoms with E-state index in [1.54, 1.807) is 13.3 Å². The molecule has 3 heterocycles. The Kier molecular flexibility index (Phi) is 4.17. The van der Waals surface area contributed by atoms with Gasteiger partial charge >= 0.3 is 0 Å². The summed E-state index contributed by atoms with van der Waals surface area (Å²) in [6, 6.07) is 9.87. The fraction of sp³-hybridized carbons (Fsp3) is 0.368. The molecular formula is C19H22N4O2. The summed E-state index contributed by atoms with van der Waals surface area (Å²) in [5.41, 5.74) is 2.05. The zero-order valence-corrected chi connectivity index (χ0v) is 14.6. The lowest BCUT2D eigenvalue weighted by atomic mass is 10.1. The summed E-state index contributed by atoms with van der Waals surface area (Å²) in [5, 5.41) is 4.71. The molecule has 4 rings (SSSR count). The molecule has 0 atom stereocenters. The van der Waals surface area contributed by atoms with Crippen molar-refractivity contribution in [3.05, 3.63) is 48.3 Å². The summed E-state index contributed by atoms with van der Waals surface area (Å²) in [5.74, 6) is 2.78. The summed E-state index contributed by atoms with van der Waals surface area (Å²) in [6.45, 7) is 3.97. The van der Waals surface area contributed by atoms with Gasteiger partial charge in [-0.2, -0.15) is 0 Å². The molecule has 25 heavy (non-hydrogen) atoms. The van der Waals surface area contributed by atoms with Crippen LogP contribution in [0.4, 0.5) is 5.82 Å². The van der Waals surface area contributed by atoms with Gasteiger partial charge in [-0.25, -0.2) is 9.50 Å². The lowest BCUT2D eigenvalue weighted by Gasteiger charge is -2.33. The van der Waals surface area contributed by atoms with Crippen LogP contribution in [0, 0.1) is 6.92 Å². The Balaban J connectivity index is 1.40. The number of rotatable bonds is 4. The third kappa shape index (κ3) is 3.24. The molecule has 0 N–H and O–H groups in total. The normalized spacial score (nSPS) is 15.5. The average Bonchev–Trinajstić information content (AvgIpc) is 3.09. The standard InChI is InChI=1S/C19H22N4O2/c1-14-13-18-20-9-12-23(18)21-19(14)22-10-7-17(8-11-22)25-16-5-3-15(24-2)4-6-16/h3-6,9,12-13,17H,7-8,10-11H2,1-2H3. The van der Waals surface area contributed by atoms with E-state index < -0.39 is 0 Å². The first-order valence-corrected chi connectivity index (χ1v) is 8.59. The Morgan fingerprint density at radius 3 is 2.52 bits per heavy atom. The van der Waals surface area contributed by atoms with Crippen molar-refractivity contribution in [2.75, 3.05) is 25.1 Å². The highest BCUT2D eigenvalue weighted by molar-refractivity contribution is 5.52. The summed E-state index contributed by atoms with van der Waals surface area (Å²) >= 11 is 0. The molecule has 1 aliphatic heterocycles. The number of aromatic nitrogens is 3. The molecule has 0 bridgehead atoms. The van der Waals surface area contributed by atoms with Gasteiger partial charge in [0.1, 0.15) is 17.6 Å². The molecule has 130 valence electrons. The lowest BCUT2D eigenvalue weighted by molar-refractivity contribution is 0.170. The fourth-order valence-electron chi connectivity index (χ4n) is 3.28. The van der Waals surface area contributed by atoms with Gasteiger partial charge in [-0.05, 0) is 42.8 Å².